The Hall–Kier alpha value is -2.59. The number of carbonyl (C=O) groups excluding carboxylic acids is 1. The molecule has 1 aliphatic rings. The normalized spacial score (nSPS) is 17.0. The van der Waals surface area contributed by atoms with Gasteiger partial charge >= 0.3 is 0 Å². The van der Waals surface area contributed by atoms with Crippen LogP contribution in [0.4, 0.5) is 0 Å². The molecule has 0 bridgehead atoms. The average molecular weight is 353 g/mol. The number of aromatic nitrogens is 1. The number of hydrogen-bond acceptors (Lipinski definition) is 3. The van der Waals surface area contributed by atoms with Crippen LogP contribution in [0.25, 0.3) is 10.9 Å². The third kappa shape index (κ3) is 3.30. The lowest BCUT2D eigenvalue weighted by Gasteiger charge is -2.18. The highest BCUT2D eigenvalue weighted by Crippen LogP contribution is 2.26. The SMILES string of the molecule is O=C(c1cccc(Cl)c1)N1CCC(Oc2cccc3cccnc23)C1. The fraction of sp³-hybridized carbons (Fsp3) is 0.200. The lowest BCUT2D eigenvalue weighted by molar-refractivity contribution is 0.0773. The van der Waals surface area contributed by atoms with E-state index in [0.717, 1.165) is 23.1 Å². The van der Waals surface area contributed by atoms with Gasteiger partial charge in [-0.2, -0.15) is 0 Å². The highest BCUT2D eigenvalue weighted by molar-refractivity contribution is 6.30. The molecule has 4 nitrogen and oxygen atoms in total. The molecule has 1 aliphatic heterocycles. The summed E-state index contributed by atoms with van der Waals surface area (Å²) < 4.78 is 6.15. The fourth-order valence-corrected chi connectivity index (χ4v) is 3.35. The molecular formula is C20H17ClN2O2. The van der Waals surface area contributed by atoms with E-state index < -0.39 is 0 Å². The van der Waals surface area contributed by atoms with E-state index in [2.05, 4.69) is 4.98 Å². The number of carbonyl (C=O) groups is 1. The minimum atomic E-state index is -0.0317. The number of nitrogens with zero attached hydrogens (tertiary/aromatic N) is 2. The molecule has 1 unspecified atom stereocenters. The number of benzene rings is 2. The van der Waals surface area contributed by atoms with Gasteiger partial charge in [-0.15, -0.1) is 0 Å². The van der Waals surface area contributed by atoms with Gasteiger partial charge < -0.3 is 9.64 Å². The second kappa shape index (κ2) is 6.73. The summed E-state index contributed by atoms with van der Waals surface area (Å²) in [4.78, 5) is 18.8. The maximum atomic E-state index is 12.6. The van der Waals surface area contributed by atoms with Crippen molar-refractivity contribution in [1.82, 2.24) is 9.88 Å². The van der Waals surface area contributed by atoms with Crippen LogP contribution in [0.2, 0.25) is 5.02 Å². The number of para-hydroxylation sites is 1. The Morgan fingerprint density at radius 1 is 1.16 bits per heavy atom. The van der Waals surface area contributed by atoms with Gasteiger partial charge in [-0.1, -0.05) is 35.9 Å². The van der Waals surface area contributed by atoms with E-state index in [1.54, 1.807) is 30.5 Å². The quantitative estimate of drug-likeness (QED) is 0.710. The number of halogens is 1. The Labute approximate surface area is 151 Å². The van der Waals surface area contributed by atoms with Crippen molar-refractivity contribution in [2.45, 2.75) is 12.5 Å². The molecule has 0 spiro atoms. The third-order valence-corrected chi connectivity index (χ3v) is 4.63. The van der Waals surface area contributed by atoms with E-state index in [-0.39, 0.29) is 12.0 Å². The largest absolute Gasteiger partial charge is 0.486 e. The smallest absolute Gasteiger partial charge is 0.254 e. The molecule has 3 aromatic rings. The molecule has 4 rings (SSSR count). The number of amides is 1. The van der Waals surface area contributed by atoms with Crippen LogP contribution in [-0.4, -0.2) is 35.0 Å². The standard InChI is InChI=1S/C20H17ClN2O2/c21-16-7-1-5-15(12-16)20(24)23-11-9-17(13-23)25-18-8-2-4-14-6-3-10-22-19(14)18/h1-8,10,12,17H,9,11,13H2. The van der Waals surface area contributed by atoms with Crippen molar-refractivity contribution in [3.05, 3.63) is 71.4 Å². The monoisotopic (exact) mass is 352 g/mol. The van der Waals surface area contributed by atoms with E-state index in [1.807, 2.05) is 35.2 Å². The lowest BCUT2D eigenvalue weighted by atomic mass is 10.2. The third-order valence-electron chi connectivity index (χ3n) is 4.39. The zero-order valence-corrected chi connectivity index (χ0v) is 14.3. The molecule has 1 aromatic heterocycles. The van der Waals surface area contributed by atoms with Gasteiger partial charge in [0.25, 0.3) is 5.91 Å². The molecule has 0 saturated carbocycles. The Balaban J connectivity index is 1.48. The Morgan fingerprint density at radius 3 is 2.88 bits per heavy atom. The summed E-state index contributed by atoms with van der Waals surface area (Å²) in [6.07, 6.45) is 2.53. The number of pyridine rings is 1. The van der Waals surface area contributed by atoms with Crippen LogP contribution in [0.15, 0.2) is 60.8 Å². The van der Waals surface area contributed by atoms with Crippen LogP contribution in [-0.2, 0) is 0 Å². The van der Waals surface area contributed by atoms with Crippen LogP contribution in [0.3, 0.4) is 0 Å². The molecule has 5 heteroatoms. The maximum absolute atomic E-state index is 12.6. The van der Waals surface area contributed by atoms with Crippen molar-refractivity contribution >= 4 is 28.4 Å². The highest BCUT2D eigenvalue weighted by Gasteiger charge is 2.28. The second-order valence-corrected chi connectivity index (χ2v) is 6.56. The first-order valence-corrected chi connectivity index (χ1v) is 8.64. The van der Waals surface area contributed by atoms with Crippen molar-refractivity contribution < 1.29 is 9.53 Å². The van der Waals surface area contributed by atoms with E-state index in [4.69, 9.17) is 16.3 Å². The Bertz CT molecular complexity index is 923. The molecule has 1 atom stereocenters. The molecule has 0 N–H and O–H groups in total. The topological polar surface area (TPSA) is 42.4 Å². The molecule has 25 heavy (non-hydrogen) atoms. The van der Waals surface area contributed by atoms with Gasteiger partial charge in [-0.3, -0.25) is 9.78 Å². The second-order valence-electron chi connectivity index (χ2n) is 6.12. The van der Waals surface area contributed by atoms with E-state index in [0.29, 0.717) is 23.7 Å². The summed E-state index contributed by atoms with van der Waals surface area (Å²) in [5, 5.41) is 1.62. The number of fused-ring (bicyclic) bond motifs is 1. The molecule has 1 fully saturated rings. The molecule has 1 amide bonds. The summed E-state index contributed by atoms with van der Waals surface area (Å²) in [5.41, 5.74) is 1.46. The molecule has 0 aliphatic carbocycles. The van der Waals surface area contributed by atoms with Crippen molar-refractivity contribution in [2.24, 2.45) is 0 Å². The van der Waals surface area contributed by atoms with Crippen molar-refractivity contribution in [2.75, 3.05) is 13.1 Å². The highest BCUT2D eigenvalue weighted by atomic mass is 35.5. The summed E-state index contributed by atoms with van der Waals surface area (Å²) in [5.74, 6) is 0.754. The van der Waals surface area contributed by atoms with Crippen molar-refractivity contribution in [3.63, 3.8) is 0 Å². The van der Waals surface area contributed by atoms with Gasteiger partial charge in [-0.05, 0) is 30.3 Å². The first-order chi connectivity index (χ1) is 12.2. The number of ether oxygens (including phenoxy) is 1. The fourth-order valence-electron chi connectivity index (χ4n) is 3.16. The molecule has 2 heterocycles. The predicted octanol–water partition coefficient (Wildman–Crippen LogP) is 4.18. The summed E-state index contributed by atoms with van der Waals surface area (Å²) in [6.45, 7) is 1.24. The first kappa shape index (κ1) is 15.9. The number of likely N-dealkylation sites (tertiary alicyclic amines) is 1. The van der Waals surface area contributed by atoms with Gasteiger partial charge in [-0.25, -0.2) is 0 Å². The molecular weight excluding hydrogens is 336 g/mol. The first-order valence-electron chi connectivity index (χ1n) is 8.26. The molecule has 1 saturated heterocycles. The predicted molar refractivity (Wildman–Crippen MR) is 98.1 cm³/mol. The van der Waals surface area contributed by atoms with Gasteiger partial charge in [0.1, 0.15) is 17.4 Å². The Kier molecular flexibility index (Phi) is 4.28. The van der Waals surface area contributed by atoms with Crippen LogP contribution in [0, 0.1) is 0 Å². The lowest BCUT2D eigenvalue weighted by Crippen LogP contribution is -2.30. The van der Waals surface area contributed by atoms with E-state index in [9.17, 15) is 4.79 Å². The van der Waals surface area contributed by atoms with Gasteiger partial charge in [0, 0.05) is 35.1 Å². The summed E-state index contributed by atoms with van der Waals surface area (Å²) in [6, 6.07) is 16.9. The van der Waals surface area contributed by atoms with Crippen LogP contribution in [0.5, 0.6) is 5.75 Å². The zero-order valence-electron chi connectivity index (χ0n) is 13.6. The van der Waals surface area contributed by atoms with Gasteiger partial charge in [0.15, 0.2) is 0 Å². The molecule has 0 radical (unpaired) electrons. The average Bonchev–Trinajstić information content (AvgIpc) is 3.10. The van der Waals surface area contributed by atoms with Crippen molar-refractivity contribution in [3.8, 4) is 5.75 Å². The summed E-state index contributed by atoms with van der Waals surface area (Å²) >= 11 is 5.98. The minimum absolute atomic E-state index is 0.00959. The van der Waals surface area contributed by atoms with Crippen LogP contribution in [0.1, 0.15) is 16.8 Å². The van der Waals surface area contributed by atoms with E-state index in [1.165, 1.54) is 0 Å². The number of hydrogen-bond donors (Lipinski definition) is 0. The summed E-state index contributed by atoms with van der Waals surface area (Å²) in [7, 11) is 0. The van der Waals surface area contributed by atoms with Gasteiger partial charge in [0.2, 0.25) is 0 Å². The van der Waals surface area contributed by atoms with Crippen molar-refractivity contribution in [1.29, 1.82) is 0 Å². The maximum Gasteiger partial charge on any atom is 0.254 e. The molecule has 126 valence electrons. The molecule has 2 aromatic carbocycles. The van der Waals surface area contributed by atoms with Crippen LogP contribution >= 0.6 is 11.6 Å². The van der Waals surface area contributed by atoms with Gasteiger partial charge in [0.05, 0.1) is 6.54 Å². The number of rotatable bonds is 3. The Morgan fingerprint density at radius 2 is 2.00 bits per heavy atom. The van der Waals surface area contributed by atoms with E-state index >= 15 is 0 Å². The van der Waals surface area contributed by atoms with Crippen LogP contribution < -0.4 is 4.74 Å². The minimum Gasteiger partial charge on any atom is -0.486 e. The zero-order chi connectivity index (χ0) is 17.2.